The summed E-state index contributed by atoms with van der Waals surface area (Å²) in [7, 11) is 0. The van der Waals surface area contributed by atoms with Gasteiger partial charge in [-0.25, -0.2) is 0 Å². The van der Waals surface area contributed by atoms with Gasteiger partial charge >= 0.3 is 5.69 Å². The van der Waals surface area contributed by atoms with Crippen LogP contribution in [0.25, 0.3) is 0 Å². The molecule has 1 atom stereocenters. The summed E-state index contributed by atoms with van der Waals surface area (Å²) in [6, 6.07) is 3.20. The summed E-state index contributed by atoms with van der Waals surface area (Å²) in [6.07, 6.45) is 1.87. The molecule has 7 heteroatoms. The zero-order valence-corrected chi connectivity index (χ0v) is 11.8. The maximum atomic E-state index is 13.3. The average Bonchev–Trinajstić information content (AvgIpc) is 2.97. The molecule has 1 unspecified atom stereocenters. The van der Waals surface area contributed by atoms with Gasteiger partial charge in [0.05, 0.1) is 11.0 Å². The fourth-order valence-electron chi connectivity index (χ4n) is 2.36. The molecule has 1 amide bonds. The van der Waals surface area contributed by atoms with Crippen molar-refractivity contribution in [3.8, 4) is 0 Å². The van der Waals surface area contributed by atoms with Crippen LogP contribution in [-0.2, 0) is 4.74 Å². The molecule has 0 spiro atoms. The molecule has 0 N–H and O–H groups in total. The number of hydrogen-bond donors (Lipinski definition) is 0. The van der Waals surface area contributed by atoms with Gasteiger partial charge in [-0.1, -0.05) is 0 Å². The number of nitro groups is 1. The lowest BCUT2D eigenvalue weighted by Crippen LogP contribution is -2.37. The van der Waals surface area contributed by atoms with E-state index >= 15 is 0 Å². The van der Waals surface area contributed by atoms with E-state index in [-0.39, 0.29) is 17.6 Å². The van der Waals surface area contributed by atoms with Gasteiger partial charge in [-0.3, -0.25) is 14.9 Å². The first-order valence-corrected chi connectivity index (χ1v) is 6.87. The van der Waals surface area contributed by atoms with Crippen LogP contribution in [0.15, 0.2) is 18.2 Å². The van der Waals surface area contributed by atoms with Gasteiger partial charge in [0.25, 0.3) is 5.91 Å². The topological polar surface area (TPSA) is 72.7 Å². The molecule has 2 rings (SSSR count). The van der Waals surface area contributed by atoms with Crippen molar-refractivity contribution in [2.24, 2.45) is 0 Å². The highest BCUT2D eigenvalue weighted by Crippen LogP contribution is 2.20. The van der Waals surface area contributed by atoms with Crippen LogP contribution >= 0.6 is 0 Å². The molecular weight excluding hydrogens is 279 g/mol. The molecule has 0 radical (unpaired) electrons. The van der Waals surface area contributed by atoms with Crippen molar-refractivity contribution in [3.63, 3.8) is 0 Å². The highest BCUT2D eigenvalue weighted by Gasteiger charge is 2.24. The van der Waals surface area contributed by atoms with Crippen LogP contribution < -0.4 is 0 Å². The minimum absolute atomic E-state index is 0.00401. The number of carbonyl (C=O) groups is 1. The van der Waals surface area contributed by atoms with Crippen LogP contribution in [0.4, 0.5) is 10.1 Å². The molecule has 1 saturated heterocycles. The van der Waals surface area contributed by atoms with Gasteiger partial charge < -0.3 is 9.64 Å². The molecule has 21 heavy (non-hydrogen) atoms. The van der Waals surface area contributed by atoms with Crippen molar-refractivity contribution in [1.82, 2.24) is 4.90 Å². The van der Waals surface area contributed by atoms with E-state index in [9.17, 15) is 19.3 Å². The van der Waals surface area contributed by atoms with Crippen molar-refractivity contribution >= 4 is 11.6 Å². The third-order valence-electron chi connectivity index (χ3n) is 3.51. The summed E-state index contributed by atoms with van der Waals surface area (Å²) < 4.78 is 18.8. The molecule has 114 valence electrons. The van der Waals surface area contributed by atoms with Gasteiger partial charge in [0.1, 0.15) is 0 Å². The number of nitro benzene ring substituents is 1. The standard InChI is InChI=1S/C14H17FN2O4/c1-2-16(9-11-4-3-7-21-11)14(18)10-5-6-12(15)13(8-10)17(19)20/h5-6,8,11H,2-4,7,9H2,1H3. The number of benzene rings is 1. The molecule has 1 fully saturated rings. The van der Waals surface area contributed by atoms with Crippen LogP contribution in [0.5, 0.6) is 0 Å². The van der Waals surface area contributed by atoms with Gasteiger partial charge in [-0.15, -0.1) is 0 Å². The van der Waals surface area contributed by atoms with Crippen molar-refractivity contribution < 1.29 is 18.8 Å². The van der Waals surface area contributed by atoms with Gasteiger partial charge in [0, 0.05) is 31.3 Å². The summed E-state index contributed by atoms with van der Waals surface area (Å²) in [5, 5.41) is 10.7. The van der Waals surface area contributed by atoms with Gasteiger partial charge in [-0.05, 0) is 31.9 Å². The average molecular weight is 296 g/mol. The van der Waals surface area contributed by atoms with Crippen LogP contribution in [0.1, 0.15) is 30.1 Å². The summed E-state index contributed by atoms with van der Waals surface area (Å²) in [6.45, 7) is 3.42. The van der Waals surface area contributed by atoms with Crippen LogP contribution in [0, 0.1) is 15.9 Å². The Morgan fingerprint density at radius 3 is 2.90 bits per heavy atom. The van der Waals surface area contributed by atoms with E-state index in [0.717, 1.165) is 25.0 Å². The summed E-state index contributed by atoms with van der Waals surface area (Å²) in [5.41, 5.74) is -0.572. The number of carbonyl (C=O) groups excluding carboxylic acids is 1. The molecule has 1 aliphatic rings. The smallest absolute Gasteiger partial charge is 0.305 e. The number of amides is 1. The molecule has 0 saturated carbocycles. The van der Waals surface area contributed by atoms with E-state index in [1.54, 1.807) is 4.90 Å². The summed E-state index contributed by atoms with van der Waals surface area (Å²) >= 11 is 0. The fraction of sp³-hybridized carbons (Fsp3) is 0.500. The minimum Gasteiger partial charge on any atom is -0.376 e. The van der Waals surface area contributed by atoms with Crippen molar-refractivity contribution in [1.29, 1.82) is 0 Å². The molecule has 1 aromatic carbocycles. The molecule has 0 aliphatic carbocycles. The van der Waals surface area contributed by atoms with Crippen molar-refractivity contribution in [2.45, 2.75) is 25.9 Å². The molecule has 0 aromatic heterocycles. The van der Waals surface area contributed by atoms with Gasteiger partial charge in [0.2, 0.25) is 5.82 Å². The lowest BCUT2D eigenvalue weighted by molar-refractivity contribution is -0.387. The molecule has 0 bridgehead atoms. The van der Waals surface area contributed by atoms with Gasteiger partial charge in [0.15, 0.2) is 0 Å². The first-order valence-electron chi connectivity index (χ1n) is 6.87. The number of rotatable bonds is 5. The predicted molar refractivity (Wildman–Crippen MR) is 73.6 cm³/mol. The highest BCUT2D eigenvalue weighted by atomic mass is 19.1. The Labute approximate surface area is 121 Å². The zero-order chi connectivity index (χ0) is 15.4. The Balaban J connectivity index is 2.16. The summed E-state index contributed by atoms with van der Waals surface area (Å²) in [5.74, 6) is -1.30. The monoisotopic (exact) mass is 296 g/mol. The van der Waals surface area contributed by atoms with Crippen LogP contribution in [0.3, 0.4) is 0 Å². The molecule has 6 nitrogen and oxygen atoms in total. The third-order valence-corrected chi connectivity index (χ3v) is 3.51. The second-order valence-corrected chi connectivity index (χ2v) is 4.90. The maximum Gasteiger partial charge on any atom is 0.305 e. The normalized spacial score (nSPS) is 17.7. The number of ether oxygens (including phenoxy) is 1. The van der Waals surface area contributed by atoms with E-state index in [1.165, 1.54) is 6.07 Å². The Morgan fingerprint density at radius 1 is 1.57 bits per heavy atom. The lowest BCUT2D eigenvalue weighted by atomic mass is 10.1. The first kappa shape index (κ1) is 15.4. The molecule has 1 heterocycles. The first-order chi connectivity index (χ1) is 10.0. The number of likely N-dealkylation sites (N-methyl/N-ethyl adjacent to an activating group) is 1. The Hall–Kier alpha value is -2.02. The van der Waals surface area contributed by atoms with E-state index in [1.807, 2.05) is 6.92 Å². The Kier molecular flexibility index (Phi) is 4.85. The van der Waals surface area contributed by atoms with Crippen molar-refractivity contribution in [3.05, 3.63) is 39.7 Å². The zero-order valence-electron chi connectivity index (χ0n) is 11.8. The fourth-order valence-corrected chi connectivity index (χ4v) is 2.36. The predicted octanol–water partition coefficient (Wildman–Crippen LogP) is 2.38. The number of nitrogens with zero attached hydrogens (tertiary/aromatic N) is 2. The van der Waals surface area contributed by atoms with Gasteiger partial charge in [-0.2, -0.15) is 4.39 Å². The second-order valence-electron chi connectivity index (χ2n) is 4.90. The lowest BCUT2D eigenvalue weighted by Gasteiger charge is -2.24. The molecule has 1 aliphatic heterocycles. The molecule has 1 aromatic rings. The van der Waals surface area contributed by atoms with Crippen LogP contribution in [0.2, 0.25) is 0 Å². The van der Waals surface area contributed by atoms with Crippen LogP contribution in [-0.4, -0.2) is 41.5 Å². The van der Waals surface area contributed by atoms with E-state index < -0.39 is 16.4 Å². The van der Waals surface area contributed by atoms with E-state index in [0.29, 0.717) is 19.7 Å². The second kappa shape index (κ2) is 6.62. The maximum absolute atomic E-state index is 13.3. The molecular formula is C14H17FN2O4. The van der Waals surface area contributed by atoms with E-state index in [4.69, 9.17) is 4.74 Å². The SMILES string of the molecule is CCN(CC1CCCO1)C(=O)c1ccc(F)c([N+](=O)[O-])c1. The Bertz CT molecular complexity index is 544. The number of halogens is 1. The highest BCUT2D eigenvalue weighted by molar-refractivity contribution is 5.94. The largest absolute Gasteiger partial charge is 0.376 e. The minimum atomic E-state index is -0.946. The quantitative estimate of drug-likeness (QED) is 0.617. The Morgan fingerprint density at radius 2 is 2.33 bits per heavy atom. The van der Waals surface area contributed by atoms with E-state index in [2.05, 4.69) is 0 Å². The number of hydrogen-bond acceptors (Lipinski definition) is 4. The summed E-state index contributed by atoms with van der Waals surface area (Å²) in [4.78, 5) is 23.8. The van der Waals surface area contributed by atoms with Crippen molar-refractivity contribution in [2.75, 3.05) is 19.7 Å². The third kappa shape index (κ3) is 3.55.